The molecule has 1 aromatic heterocycles. The van der Waals surface area contributed by atoms with Crippen molar-refractivity contribution in [3.05, 3.63) is 39.3 Å². The Kier molecular flexibility index (Phi) is 4.11. The highest BCUT2D eigenvalue weighted by Crippen LogP contribution is 2.33. The molecular formula is C15H19BrN2O. The zero-order valence-electron chi connectivity index (χ0n) is 11.8. The Bertz CT molecular complexity index is 617. The molecule has 2 aromatic rings. The van der Waals surface area contributed by atoms with E-state index in [9.17, 15) is 0 Å². The summed E-state index contributed by atoms with van der Waals surface area (Å²) in [4.78, 5) is 4.49. The van der Waals surface area contributed by atoms with Crippen molar-refractivity contribution in [3.63, 3.8) is 0 Å². The Morgan fingerprint density at radius 2 is 1.89 bits per heavy atom. The lowest BCUT2D eigenvalue weighted by molar-refractivity contribution is 0.295. The zero-order valence-corrected chi connectivity index (χ0v) is 13.4. The Morgan fingerprint density at radius 3 is 2.53 bits per heavy atom. The minimum Gasteiger partial charge on any atom is -0.396 e. The van der Waals surface area contributed by atoms with Crippen LogP contribution in [0.2, 0.25) is 0 Å². The van der Waals surface area contributed by atoms with E-state index in [1.54, 1.807) is 0 Å². The molecule has 4 heteroatoms. The monoisotopic (exact) mass is 322 g/mol. The van der Waals surface area contributed by atoms with Crippen molar-refractivity contribution in [2.45, 2.75) is 27.2 Å². The van der Waals surface area contributed by atoms with Gasteiger partial charge >= 0.3 is 0 Å². The molecule has 1 heterocycles. The van der Waals surface area contributed by atoms with E-state index >= 15 is 0 Å². The van der Waals surface area contributed by atoms with Crippen LogP contribution in [0, 0.1) is 20.8 Å². The van der Waals surface area contributed by atoms with Crippen LogP contribution >= 0.6 is 15.9 Å². The second-order valence-corrected chi connectivity index (χ2v) is 5.63. The van der Waals surface area contributed by atoms with Gasteiger partial charge < -0.3 is 9.67 Å². The maximum atomic E-state index is 9.08. The number of halogens is 1. The van der Waals surface area contributed by atoms with Crippen molar-refractivity contribution >= 4 is 15.9 Å². The fourth-order valence-corrected chi connectivity index (χ4v) is 3.02. The lowest BCUT2D eigenvalue weighted by Gasteiger charge is -2.13. The molecule has 0 amide bonds. The van der Waals surface area contributed by atoms with Crippen molar-refractivity contribution < 1.29 is 5.11 Å². The molecule has 19 heavy (non-hydrogen) atoms. The fraction of sp³-hybridized carbons (Fsp3) is 0.400. The zero-order chi connectivity index (χ0) is 14.2. The number of rotatable bonds is 3. The summed E-state index contributed by atoms with van der Waals surface area (Å²) >= 11 is 3.54. The van der Waals surface area contributed by atoms with Crippen molar-refractivity contribution in [2.24, 2.45) is 7.05 Å². The van der Waals surface area contributed by atoms with Crippen LogP contribution in [-0.2, 0) is 13.5 Å². The van der Waals surface area contributed by atoms with Crippen molar-refractivity contribution in [1.82, 2.24) is 9.55 Å². The first-order valence-corrected chi connectivity index (χ1v) is 7.15. The Morgan fingerprint density at radius 1 is 1.21 bits per heavy atom. The number of nitrogens with zero attached hydrogens (tertiary/aromatic N) is 2. The predicted octanol–water partition coefficient (Wildman–Crippen LogP) is 3.31. The number of benzene rings is 1. The molecule has 1 aromatic carbocycles. The van der Waals surface area contributed by atoms with Crippen LogP contribution in [0.25, 0.3) is 11.3 Å². The summed E-state index contributed by atoms with van der Waals surface area (Å²) in [6.45, 7) is 6.53. The van der Waals surface area contributed by atoms with Gasteiger partial charge in [0.25, 0.3) is 0 Å². The molecule has 0 saturated carbocycles. The topological polar surface area (TPSA) is 38.1 Å². The molecule has 0 spiro atoms. The normalized spacial score (nSPS) is 11.1. The molecule has 0 aliphatic heterocycles. The lowest BCUT2D eigenvalue weighted by atomic mass is 9.97. The highest BCUT2D eigenvalue weighted by Gasteiger charge is 2.16. The molecular weight excluding hydrogens is 304 g/mol. The highest BCUT2D eigenvalue weighted by atomic mass is 79.9. The molecule has 0 atom stereocenters. The largest absolute Gasteiger partial charge is 0.396 e. The van der Waals surface area contributed by atoms with Gasteiger partial charge in [-0.15, -0.1) is 0 Å². The van der Waals surface area contributed by atoms with Gasteiger partial charge in [-0.25, -0.2) is 4.98 Å². The molecule has 2 rings (SSSR count). The first-order chi connectivity index (χ1) is 8.97. The number of aliphatic hydroxyl groups is 1. The van der Waals surface area contributed by atoms with Crippen molar-refractivity contribution in [2.75, 3.05) is 6.61 Å². The van der Waals surface area contributed by atoms with Gasteiger partial charge in [0.05, 0.1) is 12.3 Å². The summed E-state index contributed by atoms with van der Waals surface area (Å²) in [7, 11) is 1.99. The van der Waals surface area contributed by atoms with Crippen LogP contribution in [0.1, 0.15) is 22.5 Å². The van der Waals surface area contributed by atoms with Gasteiger partial charge in [-0.2, -0.15) is 0 Å². The molecule has 102 valence electrons. The maximum absolute atomic E-state index is 9.08. The van der Waals surface area contributed by atoms with Crippen molar-refractivity contribution in [1.29, 1.82) is 0 Å². The van der Waals surface area contributed by atoms with Crippen LogP contribution in [0.15, 0.2) is 16.7 Å². The number of imidazole rings is 1. The summed E-state index contributed by atoms with van der Waals surface area (Å²) in [6.07, 6.45) is 0.568. The van der Waals surface area contributed by atoms with Crippen LogP contribution < -0.4 is 0 Å². The second kappa shape index (κ2) is 5.47. The third kappa shape index (κ3) is 2.47. The first kappa shape index (κ1) is 14.3. The van der Waals surface area contributed by atoms with Crippen molar-refractivity contribution in [3.8, 4) is 11.3 Å². The summed E-state index contributed by atoms with van der Waals surface area (Å²) in [6, 6.07) is 4.28. The van der Waals surface area contributed by atoms with E-state index < -0.39 is 0 Å². The molecule has 3 nitrogen and oxygen atoms in total. The molecule has 0 bridgehead atoms. The highest BCUT2D eigenvalue weighted by molar-refractivity contribution is 9.10. The van der Waals surface area contributed by atoms with E-state index in [1.807, 2.05) is 7.05 Å². The van der Waals surface area contributed by atoms with Gasteiger partial charge in [0.15, 0.2) is 0 Å². The fourth-order valence-electron chi connectivity index (χ4n) is 2.34. The minimum atomic E-state index is 0.114. The average molecular weight is 323 g/mol. The van der Waals surface area contributed by atoms with Gasteiger partial charge in [0.2, 0.25) is 0 Å². The minimum absolute atomic E-state index is 0.114. The SMILES string of the molecule is Cc1ccc(-c2c(Br)nc(CCO)n2C)c(C)c1C. The standard InChI is InChI=1S/C15H19BrN2O/c1-9-5-6-12(11(3)10(9)2)14-15(16)17-13(7-8-19)18(14)4/h5-6,19H,7-8H2,1-4H3. The van der Waals surface area contributed by atoms with Crippen LogP contribution in [-0.4, -0.2) is 21.3 Å². The predicted molar refractivity (Wildman–Crippen MR) is 81.3 cm³/mol. The first-order valence-electron chi connectivity index (χ1n) is 6.36. The van der Waals surface area contributed by atoms with Gasteiger partial charge in [-0.05, 0) is 53.4 Å². The van der Waals surface area contributed by atoms with E-state index in [0.29, 0.717) is 6.42 Å². The number of aromatic nitrogens is 2. The van der Waals surface area contributed by atoms with Gasteiger partial charge in [-0.3, -0.25) is 0 Å². The maximum Gasteiger partial charge on any atom is 0.132 e. The van der Waals surface area contributed by atoms with Gasteiger partial charge in [0.1, 0.15) is 10.4 Å². The third-order valence-corrected chi connectivity index (χ3v) is 4.35. The van der Waals surface area contributed by atoms with Gasteiger partial charge in [0, 0.05) is 19.0 Å². The Labute approximate surface area is 122 Å². The molecule has 0 aliphatic carbocycles. The lowest BCUT2D eigenvalue weighted by Crippen LogP contribution is -2.03. The quantitative estimate of drug-likeness (QED) is 0.941. The summed E-state index contributed by atoms with van der Waals surface area (Å²) in [5.74, 6) is 0.891. The van der Waals surface area contributed by atoms with E-state index in [4.69, 9.17) is 5.11 Å². The molecule has 1 N–H and O–H groups in total. The van der Waals surface area contributed by atoms with E-state index in [1.165, 1.54) is 22.3 Å². The van der Waals surface area contributed by atoms with E-state index in [0.717, 1.165) is 16.1 Å². The second-order valence-electron chi connectivity index (χ2n) is 4.88. The Hall–Kier alpha value is -1.13. The van der Waals surface area contributed by atoms with Crippen LogP contribution in [0.5, 0.6) is 0 Å². The summed E-state index contributed by atoms with van der Waals surface area (Å²) in [5, 5.41) is 9.08. The van der Waals surface area contributed by atoms with Crippen LogP contribution in [0.4, 0.5) is 0 Å². The number of aliphatic hydroxyl groups excluding tert-OH is 1. The smallest absolute Gasteiger partial charge is 0.132 e. The molecule has 0 aliphatic rings. The molecule has 0 radical (unpaired) electrons. The molecule has 0 unspecified atom stereocenters. The number of hydrogen-bond donors (Lipinski definition) is 1. The summed E-state index contributed by atoms with van der Waals surface area (Å²) < 4.78 is 2.89. The average Bonchev–Trinajstić information content (AvgIpc) is 2.64. The van der Waals surface area contributed by atoms with E-state index in [-0.39, 0.29) is 6.61 Å². The van der Waals surface area contributed by atoms with Crippen LogP contribution in [0.3, 0.4) is 0 Å². The number of aryl methyl sites for hydroxylation is 1. The number of hydrogen-bond acceptors (Lipinski definition) is 2. The Balaban J connectivity index is 2.63. The third-order valence-electron chi connectivity index (χ3n) is 3.79. The van der Waals surface area contributed by atoms with E-state index in [2.05, 4.69) is 58.4 Å². The summed E-state index contributed by atoms with van der Waals surface area (Å²) in [5.41, 5.74) is 6.15. The molecule has 0 saturated heterocycles. The molecule has 0 fully saturated rings. The van der Waals surface area contributed by atoms with Gasteiger partial charge in [-0.1, -0.05) is 12.1 Å².